The minimum Gasteiger partial charge on any atom is -0.353 e. The number of nitrogens with zero attached hydrogens (tertiary/aromatic N) is 1. The Bertz CT molecular complexity index is 333. The molecule has 0 amide bonds. The van der Waals surface area contributed by atoms with Gasteiger partial charge in [-0.3, -0.25) is 0 Å². The Morgan fingerprint density at radius 3 is 2.46 bits per heavy atom. The van der Waals surface area contributed by atoms with Crippen LogP contribution in [0.25, 0.3) is 0 Å². The van der Waals surface area contributed by atoms with Crippen molar-refractivity contribution in [1.82, 2.24) is 9.29 Å². The van der Waals surface area contributed by atoms with Gasteiger partial charge in [0.1, 0.15) is 4.66 Å². The summed E-state index contributed by atoms with van der Waals surface area (Å²) in [5.41, 5.74) is 0. The standard InChI is InChI=1S/C7H11BrN2O2S/c8-7-13(11,12)9-3-6-10-4-1-2-5-10/h1-2,4-5,9H,3,6-7H2. The van der Waals surface area contributed by atoms with Gasteiger partial charge >= 0.3 is 0 Å². The van der Waals surface area contributed by atoms with Gasteiger partial charge in [-0.05, 0) is 12.1 Å². The number of halogens is 1. The lowest BCUT2D eigenvalue weighted by atomic mass is 10.6. The second kappa shape index (κ2) is 4.78. The van der Waals surface area contributed by atoms with E-state index in [2.05, 4.69) is 20.7 Å². The maximum atomic E-state index is 11.0. The van der Waals surface area contributed by atoms with E-state index >= 15 is 0 Å². The molecule has 74 valence electrons. The number of sulfonamides is 1. The highest BCUT2D eigenvalue weighted by atomic mass is 79.9. The number of hydrogen-bond donors (Lipinski definition) is 1. The molecular weight excluding hydrogens is 256 g/mol. The van der Waals surface area contributed by atoms with E-state index in [1.165, 1.54) is 0 Å². The molecule has 1 heterocycles. The van der Waals surface area contributed by atoms with Gasteiger partial charge < -0.3 is 4.57 Å². The first-order valence-electron chi connectivity index (χ1n) is 3.78. The van der Waals surface area contributed by atoms with E-state index in [1.807, 2.05) is 29.1 Å². The summed E-state index contributed by atoms with van der Waals surface area (Å²) in [5.74, 6) is 0. The van der Waals surface area contributed by atoms with Gasteiger partial charge in [-0.1, -0.05) is 15.9 Å². The van der Waals surface area contributed by atoms with Gasteiger partial charge in [0.05, 0.1) is 0 Å². The van der Waals surface area contributed by atoms with Crippen LogP contribution in [0.5, 0.6) is 0 Å². The molecule has 1 rings (SSSR count). The lowest BCUT2D eigenvalue weighted by Crippen LogP contribution is -2.27. The van der Waals surface area contributed by atoms with Crippen molar-refractivity contribution in [3.8, 4) is 0 Å². The zero-order valence-electron chi connectivity index (χ0n) is 6.98. The minimum absolute atomic E-state index is 0.0499. The number of rotatable bonds is 5. The molecule has 6 heteroatoms. The third-order valence-corrected chi connectivity index (χ3v) is 4.24. The van der Waals surface area contributed by atoms with Crippen LogP contribution in [0.1, 0.15) is 0 Å². The molecule has 4 nitrogen and oxygen atoms in total. The Balaban J connectivity index is 2.30. The van der Waals surface area contributed by atoms with Crippen molar-refractivity contribution < 1.29 is 8.42 Å². The van der Waals surface area contributed by atoms with Crippen molar-refractivity contribution >= 4 is 26.0 Å². The molecule has 1 aromatic rings. The number of nitrogens with one attached hydrogen (secondary N) is 1. The molecule has 0 unspecified atom stereocenters. The van der Waals surface area contributed by atoms with Crippen LogP contribution in [0.15, 0.2) is 24.5 Å². The van der Waals surface area contributed by atoms with E-state index in [0.717, 1.165) is 0 Å². The SMILES string of the molecule is O=S(=O)(CBr)NCCn1cccc1. The average Bonchev–Trinajstić information content (AvgIpc) is 2.57. The summed E-state index contributed by atoms with van der Waals surface area (Å²) in [6.07, 6.45) is 3.78. The van der Waals surface area contributed by atoms with Crippen molar-refractivity contribution in [3.05, 3.63) is 24.5 Å². The molecule has 0 aliphatic rings. The maximum Gasteiger partial charge on any atom is 0.221 e. The van der Waals surface area contributed by atoms with Gasteiger partial charge in [0.2, 0.25) is 10.0 Å². The Morgan fingerprint density at radius 2 is 1.92 bits per heavy atom. The molecule has 0 fully saturated rings. The minimum atomic E-state index is -3.12. The number of hydrogen-bond acceptors (Lipinski definition) is 2. The third-order valence-electron chi connectivity index (χ3n) is 1.50. The first kappa shape index (κ1) is 10.7. The highest BCUT2D eigenvalue weighted by molar-refractivity contribution is 9.10. The summed E-state index contributed by atoms with van der Waals surface area (Å²) in [5, 5.41) is 0. The van der Waals surface area contributed by atoms with Gasteiger partial charge in [-0.15, -0.1) is 0 Å². The number of aromatic nitrogens is 1. The smallest absolute Gasteiger partial charge is 0.221 e. The molecule has 1 aromatic heterocycles. The Hall–Kier alpha value is -0.330. The summed E-state index contributed by atoms with van der Waals surface area (Å²) in [7, 11) is -3.12. The van der Waals surface area contributed by atoms with Crippen LogP contribution in [0.3, 0.4) is 0 Å². The Labute approximate surface area is 86.1 Å². The lowest BCUT2D eigenvalue weighted by Gasteiger charge is -2.04. The normalized spacial score (nSPS) is 11.8. The van der Waals surface area contributed by atoms with Crippen LogP contribution < -0.4 is 4.72 Å². The highest BCUT2D eigenvalue weighted by Gasteiger charge is 2.05. The summed E-state index contributed by atoms with van der Waals surface area (Å²) >= 11 is 2.89. The molecule has 0 bridgehead atoms. The van der Waals surface area contributed by atoms with Gasteiger partial charge in [-0.25, -0.2) is 13.1 Å². The van der Waals surface area contributed by atoms with Crippen molar-refractivity contribution in [2.45, 2.75) is 6.54 Å². The van der Waals surface area contributed by atoms with Crippen LogP contribution in [0.4, 0.5) is 0 Å². The van der Waals surface area contributed by atoms with E-state index in [4.69, 9.17) is 0 Å². The third kappa shape index (κ3) is 3.93. The predicted molar refractivity (Wildman–Crippen MR) is 55.1 cm³/mol. The van der Waals surface area contributed by atoms with Crippen LogP contribution in [-0.2, 0) is 16.6 Å². The zero-order valence-corrected chi connectivity index (χ0v) is 9.38. The average molecular weight is 267 g/mol. The molecule has 0 aliphatic heterocycles. The first-order valence-corrected chi connectivity index (χ1v) is 6.55. The molecule has 0 aromatic carbocycles. The summed E-state index contributed by atoms with van der Waals surface area (Å²) < 4.78 is 26.2. The van der Waals surface area contributed by atoms with Gasteiger partial charge in [0, 0.05) is 25.5 Å². The molecule has 0 radical (unpaired) electrons. The second-order valence-corrected chi connectivity index (χ2v) is 5.65. The molecule has 0 spiro atoms. The summed E-state index contributed by atoms with van der Waals surface area (Å²) in [6, 6.07) is 3.80. The zero-order chi connectivity index (χ0) is 9.73. The fraction of sp³-hybridized carbons (Fsp3) is 0.429. The van der Waals surface area contributed by atoms with E-state index in [-0.39, 0.29) is 4.66 Å². The second-order valence-electron chi connectivity index (χ2n) is 2.54. The molecular formula is C7H11BrN2O2S. The molecule has 13 heavy (non-hydrogen) atoms. The van der Waals surface area contributed by atoms with Gasteiger partial charge in [0.15, 0.2) is 0 Å². The van der Waals surface area contributed by atoms with Crippen molar-refractivity contribution in [2.24, 2.45) is 0 Å². The Kier molecular flexibility index (Phi) is 3.95. The number of alkyl halides is 1. The summed E-state index contributed by atoms with van der Waals surface area (Å²) in [4.78, 5) is 0. The van der Waals surface area contributed by atoms with Crippen LogP contribution in [0.2, 0.25) is 0 Å². The van der Waals surface area contributed by atoms with Crippen LogP contribution >= 0.6 is 15.9 Å². The molecule has 0 aliphatic carbocycles. The van der Waals surface area contributed by atoms with Crippen molar-refractivity contribution in [1.29, 1.82) is 0 Å². The van der Waals surface area contributed by atoms with E-state index < -0.39 is 10.0 Å². The summed E-state index contributed by atoms with van der Waals surface area (Å²) in [6.45, 7) is 1.07. The highest BCUT2D eigenvalue weighted by Crippen LogP contribution is 1.92. The van der Waals surface area contributed by atoms with E-state index in [9.17, 15) is 8.42 Å². The maximum absolute atomic E-state index is 11.0. The van der Waals surface area contributed by atoms with Crippen molar-refractivity contribution in [2.75, 3.05) is 11.2 Å². The van der Waals surface area contributed by atoms with Crippen LogP contribution in [-0.4, -0.2) is 24.2 Å². The monoisotopic (exact) mass is 266 g/mol. The lowest BCUT2D eigenvalue weighted by molar-refractivity contribution is 0.578. The molecule has 0 saturated carbocycles. The first-order chi connectivity index (χ1) is 6.14. The fourth-order valence-corrected chi connectivity index (χ4v) is 1.85. The largest absolute Gasteiger partial charge is 0.353 e. The van der Waals surface area contributed by atoms with Crippen molar-refractivity contribution in [3.63, 3.8) is 0 Å². The van der Waals surface area contributed by atoms with Gasteiger partial charge in [0.25, 0.3) is 0 Å². The van der Waals surface area contributed by atoms with E-state index in [0.29, 0.717) is 13.1 Å². The molecule has 0 saturated heterocycles. The molecule has 1 N–H and O–H groups in total. The topological polar surface area (TPSA) is 51.1 Å². The fourth-order valence-electron chi connectivity index (χ4n) is 0.888. The van der Waals surface area contributed by atoms with Crippen LogP contribution in [0, 0.1) is 0 Å². The quantitative estimate of drug-likeness (QED) is 0.801. The van der Waals surface area contributed by atoms with Gasteiger partial charge in [-0.2, -0.15) is 0 Å². The predicted octanol–water partition coefficient (Wildman–Crippen LogP) is 0.760. The Morgan fingerprint density at radius 1 is 1.31 bits per heavy atom. The molecule has 0 atom stereocenters. The van der Waals surface area contributed by atoms with E-state index in [1.54, 1.807) is 0 Å².